The third kappa shape index (κ3) is 2.96. The Morgan fingerprint density at radius 1 is 1.15 bits per heavy atom. The number of alkyl halides is 1. The molecule has 1 nitrogen and oxygen atoms in total. The molecule has 0 saturated heterocycles. The Morgan fingerprint density at radius 2 is 1.85 bits per heavy atom. The van der Waals surface area contributed by atoms with Crippen molar-refractivity contribution in [2.24, 2.45) is 0 Å². The van der Waals surface area contributed by atoms with E-state index in [9.17, 15) is 8.78 Å². The zero-order chi connectivity index (χ0) is 14.9. The summed E-state index contributed by atoms with van der Waals surface area (Å²) < 4.78 is 32.3. The SMILES string of the molecule is COc1ccc(C(Br)c2cc(C)c(F)cc2F)cc1Cl. The highest BCUT2D eigenvalue weighted by atomic mass is 79.9. The Hall–Kier alpha value is -1.13. The van der Waals surface area contributed by atoms with Crippen LogP contribution in [0.4, 0.5) is 8.78 Å². The summed E-state index contributed by atoms with van der Waals surface area (Å²) in [5.74, 6) is -0.605. The van der Waals surface area contributed by atoms with E-state index in [2.05, 4.69) is 15.9 Å². The van der Waals surface area contributed by atoms with E-state index in [4.69, 9.17) is 16.3 Å². The van der Waals surface area contributed by atoms with Crippen molar-refractivity contribution in [3.8, 4) is 5.75 Å². The highest BCUT2D eigenvalue weighted by Crippen LogP contribution is 2.36. The van der Waals surface area contributed by atoms with Gasteiger partial charge in [-0.1, -0.05) is 33.6 Å². The maximum absolute atomic E-state index is 13.9. The molecular formula is C15H12BrClF2O. The van der Waals surface area contributed by atoms with E-state index in [0.717, 1.165) is 11.6 Å². The molecule has 0 aromatic heterocycles. The van der Waals surface area contributed by atoms with Crippen molar-refractivity contribution in [2.75, 3.05) is 7.11 Å². The third-order valence-corrected chi connectivity index (χ3v) is 4.34. The van der Waals surface area contributed by atoms with Crippen LogP contribution in [0.1, 0.15) is 21.5 Å². The Labute approximate surface area is 129 Å². The predicted octanol–water partition coefficient (Wildman–Crippen LogP) is 5.42. The van der Waals surface area contributed by atoms with Crippen LogP contribution < -0.4 is 4.74 Å². The van der Waals surface area contributed by atoms with Gasteiger partial charge < -0.3 is 4.74 Å². The Kier molecular flexibility index (Phi) is 4.66. The first-order valence-electron chi connectivity index (χ1n) is 5.87. The lowest BCUT2D eigenvalue weighted by Crippen LogP contribution is -2.00. The summed E-state index contributed by atoms with van der Waals surface area (Å²) in [6.07, 6.45) is 0. The van der Waals surface area contributed by atoms with Crippen LogP contribution in [0.5, 0.6) is 5.75 Å². The van der Waals surface area contributed by atoms with Crippen LogP contribution in [0.25, 0.3) is 0 Å². The lowest BCUT2D eigenvalue weighted by molar-refractivity contribution is 0.415. The number of rotatable bonds is 3. The number of benzene rings is 2. The lowest BCUT2D eigenvalue weighted by Gasteiger charge is -2.14. The zero-order valence-corrected chi connectivity index (χ0v) is 13.2. The van der Waals surface area contributed by atoms with Gasteiger partial charge in [-0.2, -0.15) is 0 Å². The molecule has 0 fully saturated rings. The van der Waals surface area contributed by atoms with Gasteiger partial charge in [0.2, 0.25) is 0 Å². The van der Waals surface area contributed by atoms with Crippen LogP contribution in [0, 0.1) is 18.6 Å². The van der Waals surface area contributed by atoms with E-state index < -0.39 is 16.5 Å². The fourth-order valence-corrected chi connectivity index (χ4v) is 2.80. The van der Waals surface area contributed by atoms with E-state index in [1.807, 2.05) is 0 Å². The average Bonchev–Trinajstić information content (AvgIpc) is 2.42. The molecule has 2 rings (SSSR count). The van der Waals surface area contributed by atoms with Gasteiger partial charge in [0.15, 0.2) is 0 Å². The first kappa shape index (κ1) is 15.3. The Bertz CT molecular complexity index is 646. The molecule has 0 spiro atoms. The van der Waals surface area contributed by atoms with Crippen molar-refractivity contribution in [1.29, 1.82) is 0 Å². The van der Waals surface area contributed by atoms with Crippen LogP contribution in [-0.4, -0.2) is 7.11 Å². The maximum atomic E-state index is 13.9. The van der Waals surface area contributed by atoms with Gasteiger partial charge in [-0.25, -0.2) is 8.78 Å². The quantitative estimate of drug-likeness (QED) is 0.663. The first-order valence-corrected chi connectivity index (χ1v) is 7.16. The van der Waals surface area contributed by atoms with Gasteiger partial charge in [0.1, 0.15) is 17.4 Å². The highest BCUT2D eigenvalue weighted by molar-refractivity contribution is 9.09. The largest absolute Gasteiger partial charge is 0.495 e. The lowest BCUT2D eigenvalue weighted by atomic mass is 10.0. The molecule has 1 unspecified atom stereocenters. The van der Waals surface area contributed by atoms with Crippen molar-refractivity contribution < 1.29 is 13.5 Å². The van der Waals surface area contributed by atoms with Crippen molar-refractivity contribution in [1.82, 2.24) is 0 Å². The third-order valence-electron chi connectivity index (χ3n) is 3.02. The average molecular weight is 362 g/mol. The second-order valence-electron chi connectivity index (χ2n) is 4.38. The summed E-state index contributed by atoms with van der Waals surface area (Å²) in [5, 5.41) is 0.439. The highest BCUT2D eigenvalue weighted by Gasteiger charge is 2.18. The van der Waals surface area contributed by atoms with Crippen molar-refractivity contribution in [3.63, 3.8) is 0 Å². The minimum absolute atomic E-state index is 0.366. The molecule has 1 atom stereocenters. The van der Waals surface area contributed by atoms with Crippen molar-refractivity contribution in [3.05, 3.63) is 63.7 Å². The van der Waals surface area contributed by atoms with Crippen molar-refractivity contribution >= 4 is 27.5 Å². The first-order chi connectivity index (χ1) is 9.43. The van der Waals surface area contributed by atoms with Crippen LogP contribution >= 0.6 is 27.5 Å². The maximum Gasteiger partial charge on any atom is 0.137 e. The molecule has 0 aliphatic carbocycles. The molecule has 0 saturated carbocycles. The molecule has 0 radical (unpaired) electrons. The van der Waals surface area contributed by atoms with Crippen LogP contribution in [-0.2, 0) is 0 Å². The van der Waals surface area contributed by atoms with Gasteiger partial charge in [-0.15, -0.1) is 0 Å². The summed E-state index contributed by atoms with van der Waals surface area (Å²) in [5.41, 5.74) is 1.52. The molecule has 0 aliphatic rings. The predicted molar refractivity (Wildman–Crippen MR) is 79.9 cm³/mol. The Balaban J connectivity index is 2.43. The molecule has 2 aromatic rings. The molecule has 0 N–H and O–H groups in total. The van der Waals surface area contributed by atoms with Crippen LogP contribution in [0.3, 0.4) is 0 Å². The second-order valence-corrected chi connectivity index (χ2v) is 5.70. The van der Waals surface area contributed by atoms with Gasteiger partial charge in [-0.3, -0.25) is 0 Å². The minimum Gasteiger partial charge on any atom is -0.495 e. The van der Waals surface area contributed by atoms with Crippen LogP contribution in [0.2, 0.25) is 5.02 Å². The summed E-state index contributed by atoms with van der Waals surface area (Å²) >= 11 is 9.48. The summed E-state index contributed by atoms with van der Waals surface area (Å²) in [7, 11) is 1.52. The van der Waals surface area contributed by atoms with E-state index >= 15 is 0 Å². The van der Waals surface area contributed by atoms with E-state index in [-0.39, 0.29) is 0 Å². The number of ether oxygens (including phenoxy) is 1. The summed E-state index contributed by atoms with van der Waals surface area (Å²) in [4.78, 5) is -0.412. The van der Waals surface area contributed by atoms with Crippen LogP contribution in [0.15, 0.2) is 30.3 Å². The van der Waals surface area contributed by atoms with Gasteiger partial charge in [0.25, 0.3) is 0 Å². The molecule has 5 heteroatoms. The van der Waals surface area contributed by atoms with Gasteiger partial charge in [-0.05, 0) is 36.2 Å². The summed E-state index contributed by atoms with van der Waals surface area (Å²) in [6, 6.07) is 7.56. The fraction of sp³-hybridized carbons (Fsp3) is 0.200. The minimum atomic E-state index is -0.595. The number of halogens is 4. The van der Waals surface area contributed by atoms with E-state index in [1.165, 1.54) is 13.2 Å². The Morgan fingerprint density at radius 3 is 2.45 bits per heavy atom. The molecule has 2 aromatic carbocycles. The number of methoxy groups -OCH3 is 1. The van der Waals surface area contributed by atoms with E-state index in [1.54, 1.807) is 25.1 Å². The molecule has 0 aliphatic heterocycles. The number of aryl methyl sites for hydroxylation is 1. The van der Waals surface area contributed by atoms with E-state index in [0.29, 0.717) is 21.9 Å². The number of hydrogen-bond acceptors (Lipinski definition) is 1. The molecule has 106 valence electrons. The zero-order valence-electron chi connectivity index (χ0n) is 10.9. The number of hydrogen-bond donors (Lipinski definition) is 0. The normalized spacial score (nSPS) is 12.3. The molecular weight excluding hydrogens is 350 g/mol. The molecule has 20 heavy (non-hydrogen) atoms. The topological polar surface area (TPSA) is 9.23 Å². The second kappa shape index (κ2) is 6.10. The van der Waals surface area contributed by atoms with Gasteiger partial charge in [0.05, 0.1) is 17.0 Å². The molecule has 0 amide bonds. The summed E-state index contributed by atoms with van der Waals surface area (Å²) in [6.45, 7) is 1.60. The fourth-order valence-electron chi connectivity index (χ4n) is 1.89. The smallest absolute Gasteiger partial charge is 0.137 e. The molecule has 0 bridgehead atoms. The standard InChI is InChI=1S/C15H12BrClF2O/c1-8-5-10(13(19)7-12(8)18)15(16)9-3-4-14(20-2)11(17)6-9/h3-7,15H,1-2H3. The van der Waals surface area contributed by atoms with Crippen molar-refractivity contribution in [2.45, 2.75) is 11.8 Å². The van der Waals surface area contributed by atoms with Gasteiger partial charge in [0, 0.05) is 11.6 Å². The monoisotopic (exact) mass is 360 g/mol. The van der Waals surface area contributed by atoms with Gasteiger partial charge >= 0.3 is 0 Å². The molecule has 0 heterocycles.